The van der Waals surface area contributed by atoms with Gasteiger partial charge in [0.2, 0.25) is 11.8 Å². The standard InChI is InChI=1S/C10H8O2.C5H7NO2/c1-6-2-3-7-8(4-6)10(12)5-9(7)11;7-4-2-1-3-5(8)6-4/h2-4H,5H2,1H3;1-3H2,(H,6,7,8). The van der Waals surface area contributed by atoms with Gasteiger partial charge in [-0.2, -0.15) is 0 Å². The number of hydrogen-bond donors (Lipinski definition) is 1. The molecule has 1 aromatic carbocycles. The summed E-state index contributed by atoms with van der Waals surface area (Å²) in [6, 6.07) is 5.37. The van der Waals surface area contributed by atoms with Crippen LogP contribution in [-0.2, 0) is 9.59 Å². The van der Waals surface area contributed by atoms with Gasteiger partial charge >= 0.3 is 0 Å². The lowest BCUT2D eigenvalue weighted by atomic mass is 10.1. The van der Waals surface area contributed by atoms with E-state index in [9.17, 15) is 19.2 Å². The maximum absolute atomic E-state index is 11.2. The number of rotatable bonds is 0. The maximum atomic E-state index is 11.2. The van der Waals surface area contributed by atoms with Gasteiger partial charge in [-0.15, -0.1) is 0 Å². The van der Waals surface area contributed by atoms with Crippen molar-refractivity contribution in [3.05, 3.63) is 34.9 Å². The first kappa shape index (κ1) is 14.1. The minimum atomic E-state index is -0.138. The van der Waals surface area contributed by atoms with Crippen LogP contribution in [0.3, 0.4) is 0 Å². The molecule has 1 heterocycles. The molecule has 1 aliphatic carbocycles. The Hall–Kier alpha value is -2.30. The molecule has 5 heteroatoms. The lowest BCUT2D eigenvalue weighted by Crippen LogP contribution is -2.33. The number of aryl methyl sites for hydroxylation is 1. The van der Waals surface area contributed by atoms with Crippen LogP contribution >= 0.6 is 0 Å². The van der Waals surface area contributed by atoms with Gasteiger partial charge in [-0.3, -0.25) is 24.5 Å². The van der Waals surface area contributed by atoms with Gasteiger partial charge in [0.1, 0.15) is 0 Å². The van der Waals surface area contributed by atoms with Crippen molar-refractivity contribution >= 4 is 23.4 Å². The fourth-order valence-corrected chi connectivity index (χ4v) is 2.16. The summed E-state index contributed by atoms with van der Waals surface area (Å²) in [7, 11) is 0. The summed E-state index contributed by atoms with van der Waals surface area (Å²) >= 11 is 0. The Balaban J connectivity index is 0.000000160. The quantitative estimate of drug-likeness (QED) is 0.575. The van der Waals surface area contributed by atoms with Crippen molar-refractivity contribution in [1.29, 1.82) is 0 Å². The SMILES string of the molecule is Cc1ccc2c(c1)C(=O)CC2=O.O=C1CCCC(=O)N1. The molecule has 0 aromatic heterocycles. The molecule has 2 aliphatic rings. The Kier molecular flexibility index (Phi) is 4.08. The molecule has 1 N–H and O–H groups in total. The van der Waals surface area contributed by atoms with Crippen LogP contribution < -0.4 is 5.32 Å². The van der Waals surface area contributed by atoms with Gasteiger partial charge in [-0.1, -0.05) is 17.7 Å². The average molecular weight is 273 g/mol. The Morgan fingerprint density at radius 3 is 2.05 bits per heavy atom. The summed E-state index contributed by atoms with van der Waals surface area (Å²) in [5.74, 6) is -0.365. The van der Waals surface area contributed by atoms with Crippen molar-refractivity contribution in [2.45, 2.75) is 32.6 Å². The number of Topliss-reactive ketones (excluding diaryl/α,β-unsaturated/α-hetero) is 2. The largest absolute Gasteiger partial charge is 0.296 e. The second kappa shape index (κ2) is 5.77. The third-order valence-corrected chi connectivity index (χ3v) is 3.18. The number of fused-ring (bicyclic) bond motifs is 1. The van der Waals surface area contributed by atoms with Gasteiger partial charge in [-0.25, -0.2) is 0 Å². The molecule has 1 fully saturated rings. The molecule has 0 spiro atoms. The van der Waals surface area contributed by atoms with E-state index in [-0.39, 0.29) is 29.8 Å². The highest BCUT2D eigenvalue weighted by atomic mass is 16.2. The number of hydrogen-bond acceptors (Lipinski definition) is 4. The fraction of sp³-hybridized carbons (Fsp3) is 0.333. The lowest BCUT2D eigenvalue weighted by molar-refractivity contribution is -0.132. The van der Waals surface area contributed by atoms with Crippen LogP contribution in [0, 0.1) is 6.92 Å². The van der Waals surface area contributed by atoms with E-state index < -0.39 is 0 Å². The Morgan fingerprint density at radius 2 is 1.50 bits per heavy atom. The van der Waals surface area contributed by atoms with Crippen molar-refractivity contribution in [2.24, 2.45) is 0 Å². The van der Waals surface area contributed by atoms with E-state index in [4.69, 9.17) is 0 Å². The fourth-order valence-electron chi connectivity index (χ4n) is 2.16. The zero-order valence-electron chi connectivity index (χ0n) is 11.2. The number of ketones is 2. The van der Waals surface area contributed by atoms with Gasteiger partial charge in [0.15, 0.2) is 11.6 Å². The molecule has 0 unspecified atom stereocenters. The molecule has 104 valence electrons. The minimum absolute atomic E-state index is 0.0429. The molecule has 0 bridgehead atoms. The van der Waals surface area contributed by atoms with E-state index in [1.165, 1.54) is 0 Å². The first-order valence-corrected chi connectivity index (χ1v) is 6.47. The van der Waals surface area contributed by atoms with E-state index in [2.05, 4.69) is 5.32 Å². The number of carbonyl (C=O) groups is 4. The average Bonchev–Trinajstić information content (AvgIpc) is 2.65. The van der Waals surface area contributed by atoms with Crippen molar-refractivity contribution in [1.82, 2.24) is 5.32 Å². The first-order chi connectivity index (χ1) is 9.47. The number of carbonyl (C=O) groups excluding carboxylic acids is 4. The topological polar surface area (TPSA) is 80.3 Å². The highest BCUT2D eigenvalue weighted by Gasteiger charge is 2.26. The van der Waals surface area contributed by atoms with E-state index in [1.54, 1.807) is 12.1 Å². The summed E-state index contributed by atoms with van der Waals surface area (Å²) in [6.45, 7) is 1.91. The number of benzene rings is 1. The van der Waals surface area contributed by atoms with Crippen LogP contribution in [0.25, 0.3) is 0 Å². The second-order valence-electron chi connectivity index (χ2n) is 4.90. The number of piperidine rings is 1. The van der Waals surface area contributed by atoms with E-state index in [0.717, 1.165) is 5.56 Å². The zero-order valence-corrected chi connectivity index (χ0v) is 11.2. The van der Waals surface area contributed by atoms with Crippen LogP contribution in [-0.4, -0.2) is 23.4 Å². The molecule has 0 atom stereocenters. The Bertz CT molecular complexity index is 590. The van der Waals surface area contributed by atoms with E-state index in [0.29, 0.717) is 30.4 Å². The molecule has 1 saturated heterocycles. The Morgan fingerprint density at radius 1 is 0.900 bits per heavy atom. The van der Waals surface area contributed by atoms with E-state index >= 15 is 0 Å². The lowest BCUT2D eigenvalue weighted by Gasteiger charge is -2.07. The van der Waals surface area contributed by atoms with Gasteiger partial charge in [0.25, 0.3) is 0 Å². The molecular formula is C15H15NO4. The predicted molar refractivity (Wildman–Crippen MR) is 71.5 cm³/mol. The molecule has 2 amide bonds. The van der Waals surface area contributed by atoms with Crippen LogP contribution in [0.2, 0.25) is 0 Å². The normalized spacial score (nSPS) is 17.2. The summed E-state index contributed by atoms with van der Waals surface area (Å²) in [5, 5.41) is 2.20. The molecule has 20 heavy (non-hydrogen) atoms. The second-order valence-corrected chi connectivity index (χ2v) is 4.90. The highest BCUT2D eigenvalue weighted by Crippen LogP contribution is 2.22. The van der Waals surface area contributed by atoms with E-state index in [1.807, 2.05) is 13.0 Å². The van der Waals surface area contributed by atoms with Crippen LogP contribution in [0.15, 0.2) is 18.2 Å². The van der Waals surface area contributed by atoms with Crippen molar-refractivity contribution in [3.8, 4) is 0 Å². The summed E-state index contributed by atoms with van der Waals surface area (Å²) in [6.07, 6.45) is 1.78. The molecule has 5 nitrogen and oxygen atoms in total. The van der Waals surface area contributed by atoms with Crippen LogP contribution in [0.1, 0.15) is 52.0 Å². The van der Waals surface area contributed by atoms with Gasteiger partial charge in [0, 0.05) is 24.0 Å². The molecule has 1 aliphatic heterocycles. The molecule has 0 saturated carbocycles. The Labute approximate surface area is 116 Å². The molecule has 1 aromatic rings. The molecule has 3 rings (SSSR count). The van der Waals surface area contributed by atoms with Gasteiger partial charge in [-0.05, 0) is 19.4 Å². The number of nitrogens with one attached hydrogen (secondary N) is 1. The van der Waals surface area contributed by atoms with Gasteiger partial charge in [0.05, 0.1) is 6.42 Å². The zero-order chi connectivity index (χ0) is 14.7. The smallest absolute Gasteiger partial charge is 0.226 e. The minimum Gasteiger partial charge on any atom is -0.296 e. The van der Waals surface area contributed by atoms with Crippen LogP contribution in [0.5, 0.6) is 0 Å². The molecule has 0 radical (unpaired) electrons. The number of amides is 2. The predicted octanol–water partition coefficient (Wildman–Crippen LogP) is 1.58. The monoisotopic (exact) mass is 273 g/mol. The van der Waals surface area contributed by atoms with Crippen molar-refractivity contribution < 1.29 is 19.2 Å². The summed E-state index contributed by atoms with van der Waals surface area (Å²) in [5.41, 5.74) is 2.21. The highest BCUT2D eigenvalue weighted by molar-refractivity contribution is 6.24. The number of imide groups is 1. The third-order valence-electron chi connectivity index (χ3n) is 3.18. The molecular weight excluding hydrogens is 258 g/mol. The summed E-state index contributed by atoms with van der Waals surface area (Å²) < 4.78 is 0. The first-order valence-electron chi connectivity index (χ1n) is 6.47. The third kappa shape index (κ3) is 3.17. The van der Waals surface area contributed by atoms with Crippen molar-refractivity contribution in [2.75, 3.05) is 0 Å². The maximum Gasteiger partial charge on any atom is 0.226 e. The van der Waals surface area contributed by atoms with Crippen molar-refractivity contribution in [3.63, 3.8) is 0 Å². The van der Waals surface area contributed by atoms with Gasteiger partial charge < -0.3 is 0 Å². The summed E-state index contributed by atoms with van der Waals surface area (Å²) in [4.78, 5) is 43.1. The van der Waals surface area contributed by atoms with Crippen LogP contribution in [0.4, 0.5) is 0 Å².